The molecule has 5 aromatic rings. The first-order valence-corrected chi connectivity index (χ1v) is 18.7. The van der Waals surface area contributed by atoms with E-state index in [1.54, 1.807) is 49.4 Å². The molecule has 0 aliphatic carbocycles. The lowest BCUT2D eigenvalue weighted by Gasteiger charge is -2.11. The second-order valence-electron chi connectivity index (χ2n) is 12.7. The van der Waals surface area contributed by atoms with Gasteiger partial charge >= 0.3 is 35.8 Å². The maximum Gasteiger partial charge on any atom is 0.343 e. The molecule has 0 spiro atoms. The maximum atomic E-state index is 12.9. The van der Waals surface area contributed by atoms with Crippen molar-refractivity contribution in [2.45, 2.75) is 19.8 Å². The molecule has 0 unspecified atom stereocenters. The predicted octanol–water partition coefficient (Wildman–Crippen LogP) is 7.87. The van der Waals surface area contributed by atoms with Crippen LogP contribution in [0.3, 0.4) is 0 Å². The molecular weight excluding hydrogens is 789 g/mol. The van der Waals surface area contributed by atoms with Crippen molar-refractivity contribution in [2.24, 2.45) is 0 Å². The fourth-order valence-electron chi connectivity index (χ4n) is 5.14. The van der Waals surface area contributed by atoms with Gasteiger partial charge in [0.1, 0.15) is 47.7 Å². The van der Waals surface area contributed by atoms with Gasteiger partial charge in [0.05, 0.1) is 35.5 Å². The monoisotopic (exact) mass is 828 g/mol. The largest absolute Gasteiger partial charge is 0.494 e. The van der Waals surface area contributed by atoms with Crippen LogP contribution in [0.5, 0.6) is 34.5 Å². The zero-order valence-electron chi connectivity index (χ0n) is 33.0. The lowest BCUT2D eigenvalue weighted by Crippen LogP contribution is -2.12. The highest BCUT2D eigenvalue weighted by atomic mass is 16.6. The number of esters is 6. The molecule has 0 atom stereocenters. The van der Waals surface area contributed by atoms with E-state index >= 15 is 0 Å². The molecule has 0 saturated carbocycles. The van der Waals surface area contributed by atoms with Gasteiger partial charge in [-0.3, -0.25) is 0 Å². The lowest BCUT2D eigenvalue weighted by molar-refractivity contribution is -0.139. The molecule has 5 rings (SSSR count). The summed E-state index contributed by atoms with van der Waals surface area (Å²) in [5.41, 5.74) is 1.47. The Morgan fingerprint density at radius 2 is 0.787 bits per heavy atom. The first-order valence-electron chi connectivity index (χ1n) is 18.7. The Labute approximate surface area is 350 Å². The standard InChI is InChI=1S/C47H40O14/c1-4-42(48)56-27-7-6-26-54-36-16-8-32(9-17-36)44(50)58-38-20-12-34(13-21-38)46(52)60-40-24-25-41(31(3)30-40)61-47(53)35-14-22-39(23-15-35)59-45(51)33-10-18-37(19-11-33)55-28-29-57-43(49)5-2/h4-5,8-25,30H,1-2,6-7,26-29H2,3H3. The molecule has 312 valence electrons. The molecule has 0 amide bonds. The Bertz CT molecular complexity index is 2350. The number of carbonyl (C=O) groups is 6. The Morgan fingerprint density at radius 3 is 1.23 bits per heavy atom. The quantitative estimate of drug-likeness (QED) is 0.0321. The molecule has 0 radical (unpaired) electrons. The summed E-state index contributed by atoms with van der Waals surface area (Å²) in [6.45, 7) is 9.19. The number of ether oxygens (including phenoxy) is 8. The van der Waals surface area contributed by atoms with Crippen molar-refractivity contribution in [1.29, 1.82) is 0 Å². The van der Waals surface area contributed by atoms with Gasteiger partial charge < -0.3 is 37.9 Å². The minimum absolute atomic E-state index is 0.0451. The van der Waals surface area contributed by atoms with Crippen molar-refractivity contribution >= 4 is 35.8 Å². The van der Waals surface area contributed by atoms with Crippen LogP contribution >= 0.6 is 0 Å². The Balaban J connectivity index is 1.04. The molecule has 61 heavy (non-hydrogen) atoms. The average Bonchev–Trinajstić information content (AvgIpc) is 3.27. The number of rotatable bonds is 20. The summed E-state index contributed by atoms with van der Waals surface area (Å²) in [6, 6.07) is 28.8. The van der Waals surface area contributed by atoms with Gasteiger partial charge in [-0.15, -0.1) is 0 Å². The van der Waals surface area contributed by atoms with Crippen molar-refractivity contribution in [1.82, 2.24) is 0 Å². The van der Waals surface area contributed by atoms with E-state index in [1.165, 1.54) is 72.8 Å². The van der Waals surface area contributed by atoms with Crippen molar-refractivity contribution in [3.8, 4) is 34.5 Å². The fraction of sp³-hybridized carbons (Fsp3) is 0.149. The Morgan fingerprint density at radius 1 is 0.426 bits per heavy atom. The van der Waals surface area contributed by atoms with E-state index in [2.05, 4.69) is 13.2 Å². The lowest BCUT2D eigenvalue weighted by atomic mass is 10.2. The van der Waals surface area contributed by atoms with Gasteiger partial charge in [-0.1, -0.05) is 13.2 Å². The van der Waals surface area contributed by atoms with E-state index in [9.17, 15) is 28.8 Å². The van der Waals surface area contributed by atoms with Gasteiger partial charge in [-0.25, -0.2) is 28.8 Å². The van der Waals surface area contributed by atoms with Crippen molar-refractivity contribution in [2.75, 3.05) is 26.4 Å². The van der Waals surface area contributed by atoms with E-state index in [0.29, 0.717) is 42.1 Å². The van der Waals surface area contributed by atoms with Gasteiger partial charge in [0.2, 0.25) is 0 Å². The maximum absolute atomic E-state index is 12.9. The van der Waals surface area contributed by atoms with Gasteiger partial charge in [0.15, 0.2) is 0 Å². The summed E-state index contributed by atoms with van der Waals surface area (Å²) in [5, 5.41) is 0. The summed E-state index contributed by atoms with van der Waals surface area (Å²) >= 11 is 0. The number of hydrogen-bond donors (Lipinski definition) is 0. The number of unbranched alkanes of at least 4 members (excludes halogenated alkanes) is 1. The van der Waals surface area contributed by atoms with Crippen LogP contribution in [0.1, 0.15) is 59.8 Å². The molecular formula is C47H40O14. The predicted molar refractivity (Wildman–Crippen MR) is 219 cm³/mol. The summed E-state index contributed by atoms with van der Waals surface area (Å²) in [6.07, 6.45) is 3.47. The smallest absolute Gasteiger partial charge is 0.343 e. The molecule has 0 heterocycles. The number of hydrogen-bond acceptors (Lipinski definition) is 14. The van der Waals surface area contributed by atoms with Crippen LogP contribution in [-0.4, -0.2) is 62.2 Å². The van der Waals surface area contributed by atoms with Crippen LogP contribution < -0.4 is 28.4 Å². The molecule has 0 fully saturated rings. The van der Waals surface area contributed by atoms with Crippen LogP contribution in [0, 0.1) is 6.92 Å². The topological polar surface area (TPSA) is 176 Å². The SMILES string of the molecule is C=CC(=O)OCCCCOc1ccc(C(=O)Oc2ccc(C(=O)Oc3ccc(OC(=O)c4ccc(OC(=O)c5ccc(OCCOC(=O)C=C)cc5)cc4)c(C)c3)cc2)cc1. The molecule has 14 nitrogen and oxygen atoms in total. The Kier molecular flexibility index (Phi) is 16.1. The Hall–Kier alpha value is -8.00. The normalized spacial score (nSPS) is 10.3. The van der Waals surface area contributed by atoms with Crippen molar-refractivity contribution in [3.05, 3.63) is 168 Å². The van der Waals surface area contributed by atoms with Crippen molar-refractivity contribution < 1.29 is 66.7 Å². The zero-order chi connectivity index (χ0) is 43.6. The summed E-state index contributed by atoms with van der Waals surface area (Å²) < 4.78 is 42.8. The fourth-order valence-corrected chi connectivity index (χ4v) is 5.14. The summed E-state index contributed by atoms with van der Waals surface area (Å²) in [4.78, 5) is 73.3. The van der Waals surface area contributed by atoms with Crippen molar-refractivity contribution in [3.63, 3.8) is 0 Å². The molecule has 0 aliphatic heterocycles. The third kappa shape index (κ3) is 13.8. The molecule has 0 aliphatic rings. The van der Waals surface area contributed by atoms with E-state index in [-0.39, 0.29) is 59.5 Å². The van der Waals surface area contributed by atoms with Crippen LogP contribution in [0.2, 0.25) is 0 Å². The van der Waals surface area contributed by atoms with E-state index in [0.717, 1.165) is 12.2 Å². The molecule has 0 aromatic heterocycles. The highest BCUT2D eigenvalue weighted by Crippen LogP contribution is 2.26. The molecule has 14 heteroatoms. The second kappa shape index (κ2) is 22.2. The van der Waals surface area contributed by atoms with Crippen LogP contribution in [-0.2, 0) is 19.1 Å². The third-order valence-electron chi connectivity index (χ3n) is 8.32. The summed E-state index contributed by atoms with van der Waals surface area (Å²) in [7, 11) is 0. The first-order chi connectivity index (χ1) is 29.5. The summed E-state index contributed by atoms with van der Waals surface area (Å²) in [5.74, 6) is -1.68. The van der Waals surface area contributed by atoms with E-state index in [1.807, 2.05) is 0 Å². The van der Waals surface area contributed by atoms with Crippen LogP contribution in [0.25, 0.3) is 0 Å². The number of benzene rings is 5. The first kappa shape index (κ1) is 44.1. The van der Waals surface area contributed by atoms with E-state index < -0.39 is 35.8 Å². The molecule has 0 saturated heterocycles. The third-order valence-corrected chi connectivity index (χ3v) is 8.32. The number of aryl methyl sites for hydroxylation is 1. The van der Waals surface area contributed by atoms with Crippen LogP contribution in [0.4, 0.5) is 0 Å². The van der Waals surface area contributed by atoms with E-state index in [4.69, 9.17) is 37.9 Å². The van der Waals surface area contributed by atoms with Crippen LogP contribution in [0.15, 0.2) is 141 Å². The van der Waals surface area contributed by atoms with Gasteiger partial charge in [0.25, 0.3) is 0 Å². The highest BCUT2D eigenvalue weighted by molar-refractivity contribution is 5.94. The van der Waals surface area contributed by atoms with Gasteiger partial charge in [-0.05, 0) is 141 Å². The molecule has 5 aromatic carbocycles. The van der Waals surface area contributed by atoms with Gasteiger partial charge in [-0.2, -0.15) is 0 Å². The zero-order valence-corrected chi connectivity index (χ0v) is 33.0. The van der Waals surface area contributed by atoms with Gasteiger partial charge in [0, 0.05) is 12.2 Å². The minimum atomic E-state index is -0.665. The highest BCUT2D eigenvalue weighted by Gasteiger charge is 2.16. The number of carbonyl (C=O) groups excluding carboxylic acids is 6. The molecule has 0 N–H and O–H groups in total. The second-order valence-corrected chi connectivity index (χ2v) is 12.7. The molecule has 0 bridgehead atoms. The minimum Gasteiger partial charge on any atom is -0.494 e. The average molecular weight is 829 g/mol.